The lowest BCUT2D eigenvalue weighted by Gasteiger charge is -2.19. The van der Waals surface area contributed by atoms with Gasteiger partial charge in [0.25, 0.3) is 5.56 Å². The average Bonchev–Trinajstić information content (AvgIpc) is 2.64. The number of nitrogens with zero attached hydrogens (tertiary/aromatic N) is 1. The smallest absolute Gasteiger partial charge is 0.331 e. The van der Waals surface area contributed by atoms with Gasteiger partial charge in [-0.25, -0.2) is 4.79 Å². The summed E-state index contributed by atoms with van der Waals surface area (Å²) < 4.78 is 6.59. The van der Waals surface area contributed by atoms with Gasteiger partial charge in [0.2, 0.25) is 0 Å². The highest BCUT2D eigenvalue weighted by Gasteiger charge is 2.44. The summed E-state index contributed by atoms with van der Waals surface area (Å²) in [6, 6.07) is 0. The van der Waals surface area contributed by atoms with Crippen LogP contribution in [-0.2, 0) is 4.74 Å². The Balaban J connectivity index is 2.52. The molecule has 2 rings (SSSR count). The number of rotatable bonds is 2. The summed E-state index contributed by atoms with van der Waals surface area (Å²) >= 11 is 4.76. The van der Waals surface area contributed by atoms with Crippen molar-refractivity contribution in [1.82, 2.24) is 9.55 Å². The van der Waals surface area contributed by atoms with E-state index in [1.54, 1.807) is 22.6 Å². The molecule has 10 heteroatoms. The van der Waals surface area contributed by atoms with Crippen molar-refractivity contribution in [1.29, 1.82) is 0 Å². The van der Waals surface area contributed by atoms with E-state index in [2.05, 4.69) is 20.9 Å². The summed E-state index contributed by atoms with van der Waals surface area (Å²) in [5.41, 5.74) is -1.37. The van der Waals surface area contributed by atoms with Gasteiger partial charge in [-0.3, -0.25) is 14.3 Å². The summed E-state index contributed by atoms with van der Waals surface area (Å²) in [7, 11) is 0. The molecule has 0 spiro atoms. The van der Waals surface area contributed by atoms with E-state index >= 15 is 0 Å². The van der Waals surface area contributed by atoms with Crippen molar-refractivity contribution in [2.75, 3.05) is 6.61 Å². The second-order valence-corrected chi connectivity index (χ2v) is 5.78. The first-order valence-electron chi connectivity index (χ1n) is 5.20. The molecule has 0 saturated carbocycles. The molecule has 0 amide bonds. The fourth-order valence-electron chi connectivity index (χ4n) is 1.82. The Kier molecular flexibility index (Phi) is 4.47. The monoisotopic (exact) mass is 448 g/mol. The Hall–Kier alpha value is -0.270. The van der Waals surface area contributed by atoms with E-state index < -0.39 is 42.4 Å². The summed E-state index contributed by atoms with van der Waals surface area (Å²) in [6.45, 7) is -0.495. The van der Waals surface area contributed by atoms with Crippen LogP contribution in [0.2, 0.25) is 0 Å². The zero-order valence-corrected chi connectivity index (χ0v) is 13.0. The number of H-pyrrole nitrogens is 1. The zero-order valence-electron chi connectivity index (χ0n) is 9.29. The minimum Gasteiger partial charge on any atom is -0.394 e. The molecule has 2 heterocycles. The van der Waals surface area contributed by atoms with Gasteiger partial charge in [-0.2, -0.15) is 0 Å². The van der Waals surface area contributed by atoms with Crippen molar-refractivity contribution < 1.29 is 20.1 Å². The molecule has 19 heavy (non-hydrogen) atoms. The number of hydrogen-bond donors (Lipinski definition) is 4. The normalized spacial score (nSPS) is 30.8. The van der Waals surface area contributed by atoms with Gasteiger partial charge in [-0.15, -0.1) is 0 Å². The third kappa shape index (κ3) is 2.52. The molecule has 0 radical (unpaired) electrons. The van der Waals surface area contributed by atoms with Crippen molar-refractivity contribution in [3.05, 3.63) is 29.0 Å². The van der Waals surface area contributed by atoms with Crippen LogP contribution in [0.1, 0.15) is 6.23 Å². The van der Waals surface area contributed by atoms with Crippen LogP contribution in [0.4, 0.5) is 0 Å². The predicted molar refractivity (Wildman–Crippen MR) is 74.7 cm³/mol. The number of nitrogens with one attached hydrogen (secondary N) is 1. The van der Waals surface area contributed by atoms with Crippen LogP contribution >= 0.6 is 38.5 Å². The molecule has 1 aliphatic heterocycles. The van der Waals surface area contributed by atoms with Crippen molar-refractivity contribution in [2.45, 2.75) is 24.5 Å². The Morgan fingerprint density at radius 1 is 1.37 bits per heavy atom. The largest absolute Gasteiger partial charge is 0.394 e. The van der Waals surface area contributed by atoms with Crippen molar-refractivity contribution in [2.24, 2.45) is 0 Å². The highest BCUT2D eigenvalue weighted by molar-refractivity contribution is 14.1. The van der Waals surface area contributed by atoms with Crippen LogP contribution in [-0.4, -0.2) is 49.8 Å². The van der Waals surface area contributed by atoms with Crippen LogP contribution in [0.15, 0.2) is 14.1 Å². The van der Waals surface area contributed by atoms with Crippen LogP contribution in [0, 0.1) is 3.70 Å². The van der Waals surface area contributed by atoms with Crippen LogP contribution in [0.3, 0.4) is 0 Å². The molecule has 1 unspecified atom stereocenters. The SMILES string of the molecule is O=c1[nH]c(=O)n([C@@H]2O[C@H](CO)[C@H](O)C2O)c(I)c1Br. The standard InChI is InChI=1S/C9H10BrIN2O6/c10-3-6(11)13(9(18)12-7(3)17)8-5(16)4(15)2(1-14)19-8/h2,4-5,8,14-16H,1H2,(H,12,17,18)/t2-,4+,5?,8-/m1/s1. The topological polar surface area (TPSA) is 125 Å². The summed E-state index contributed by atoms with van der Waals surface area (Å²) in [5.74, 6) is 0. The molecule has 1 aromatic rings. The fourth-order valence-corrected chi connectivity index (χ4v) is 2.85. The maximum Gasteiger partial charge on any atom is 0.331 e. The van der Waals surface area contributed by atoms with E-state index in [4.69, 9.17) is 9.84 Å². The third-order valence-electron chi connectivity index (χ3n) is 2.80. The number of hydrogen-bond acceptors (Lipinski definition) is 6. The number of halogens is 2. The number of aliphatic hydroxyl groups is 3. The van der Waals surface area contributed by atoms with Crippen LogP contribution in [0.25, 0.3) is 0 Å². The number of aliphatic hydroxyl groups excluding tert-OH is 3. The molecule has 8 nitrogen and oxygen atoms in total. The lowest BCUT2D eigenvalue weighted by atomic mass is 10.1. The Morgan fingerprint density at radius 2 is 2.00 bits per heavy atom. The Bertz CT molecular complexity index is 601. The van der Waals surface area contributed by atoms with Gasteiger partial charge in [0.05, 0.1) is 6.61 Å². The van der Waals surface area contributed by atoms with E-state index in [9.17, 15) is 19.8 Å². The lowest BCUT2D eigenvalue weighted by molar-refractivity contribution is -0.0564. The highest BCUT2D eigenvalue weighted by Crippen LogP contribution is 2.30. The molecular formula is C9H10BrIN2O6. The van der Waals surface area contributed by atoms with E-state index in [1.807, 2.05) is 0 Å². The van der Waals surface area contributed by atoms with Gasteiger partial charge in [-0.05, 0) is 38.5 Å². The molecule has 1 fully saturated rings. The van der Waals surface area contributed by atoms with Crippen molar-refractivity contribution in [3.63, 3.8) is 0 Å². The number of aromatic amines is 1. The lowest BCUT2D eigenvalue weighted by Crippen LogP contribution is -2.40. The van der Waals surface area contributed by atoms with E-state index in [-0.39, 0.29) is 8.17 Å². The van der Waals surface area contributed by atoms with Crippen molar-refractivity contribution >= 4 is 38.5 Å². The maximum atomic E-state index is 11.8. The molecule has 1 aliphatic rings. The first kappa shape index (κ1) is 15.1. The minimum absolute atomic E-state index is 0.116. The Labute approximate surface area is 128 Å². The van der Waals surface area contributed by atoms with E-state index in [1.165, 1.54) is 0 Å². The van der Waals surface area contributed by atoms with Crippen molar-refractivity contribution in [3.8, 4) is 0 Å². The van der Waals surface area contributed by atoms with Gasteiger partial charge in [0, 0.05) is 0 Å². The zero-order chi connectivity index (χ0) is 14.3. The first-order chi connectivity index (χ1) is 8.88. The van der Waals surface area contributed by atoms with Gasteiger partial charge in [-0.1, -0.05) is 0 Å². The summed E-state index contributed by atoms with van der Waals surface area (Å²) in [4.78, 5) is 25.2. The van der Waals surface area contributed by atoms with Gasteiger partial charge in [0.1, 0.15) is 26.5 Å². The molecule has 1 aromatic heterocycles. The quantitative estimate of drug-likeness (QED) is 0.323. The number of ether oxygens (including phenoxy) is 1. The summed E-state index contributed by atoms with van der Waals surface area (Å²) in [6.07, 6.45) is -4.88. The third-order valence-corrected chi connectivity index (χ3v) is 5.34. The minimum atomic E-state index is -1.39. The average molecular weight is 449 g/mol. The van der Waals surface area contributed by atoms with Gasteiger partial charge >= 0.3 is 5.69 Å². The molecule has 4 atom stereocenters. The second-order valence-electron chi connectivity index (χ2n) is 3.96. The van der Waals surface area contributed by atoms with Crippen LogP contribution < -0.4 is 11.2 Å². The molecular weight excluding hydrogens is 439 g/mol. The highest BCUT2D eigenvalue weighted by atomic mass is 127. The second kappa shape index (κ2) is 5.61. The molecule has 106 valence electrons. The summed E-state index contributed by atoms with van der Waals surface area (Å²) in [5, 5.41) is 28.5. The molecule has 1 saturated heterocycles. The van der Waals surface area contributed by atoms with Gasteiger partial charge in [0.15, 0.2) is 6.23 Å². The maximum absolute atomic E-state index is 11.8. The molecule has 4 N–H and O–H groups in total. The molecule has 0 aromatic carbocycles. The predicted octanol–water partition coefficient (Wildman–Crippen LogP) is -1.48. The molecule has 0 bridgehead atoms. The Morgan fingerprint density at radius 3 is 2.53 bits per heavy atom. The van der Waals surface area contributed by atoms with E-state index in [0.29, 0.717) is 0 Å². The molecule has 0 aliphatic carbocycles. The fraction of sp³-hybridized carbons (Fsp3) is 0.556. The number of aromatic nitrogens is 2. The van der Waals surface area contributed by atoms with Gasteiger partial charge < -0.3 is 20.1 Å². The first-order valence-corrected chi connectivity index (χ1v) is 7.08. The van der Waals surface area contributed by atoms with E-state index in [0.717, 1.165) is 4.57 Å². The van der Waals surface area contributed by atoms with Crippen LogP contribution in [0.5, 0.6) is 0 Å².